The first-order valence-corrected chi connectivity index (χ1v) is 8.27. The largest absolute Gasteiger partial charge is 0.393 e. The molecule has 1 aromatic heterocycles. The first-order chi connectivity index (χ1) is 9.25. The summed E-state index contributed by atoms with van der Waals surface area (Å²) in [6.07, 6.45) is -4.22. The molecule has 0 spiro atoms. The van der Waals surface area contributed by atoms with Crippen LogP contribution in [-0.2, 0) is 16.6 Å². The summed E-state index contributed by atoms with van der Waals surface area (Å²) in [4.78, 5) is 0.466. The van der Waals surface area contributed by atoms with Gasteiger partial charge in [-0.25, -0.2) is 8.42 Å². The Morgan fingerprint density at radius 1 is 1.40 bits per heavy atom. The second-order valence-corrected chi connectivity index (χ2v) is 7.96. The molecule has 0 radical (unpaired) electrons. The summed E-state index contributed by atoms with van der Waals surface area (Å²) in [7, 11) is -3.90. The molecule has 1 aliphatic rings. The Balaban J connectivity index is 2.21. The summed E-state index contributed by atoms with van der Waals surface area (Å²) in [5, 5.41) is 8.93. The zero-order valence-electron chi connectivity index (χ0n) is 10.4. The Hall–Kier alpha value is -0.640. The van der Waals surface area contributed by atoms with Crippen molar-refractivity contribution in [2.75, 3.05) is 13.1 Å². The highest BCUT2D eigenvalue weighted by molar-refractivity contribution is 7.91. The molecule has 2 heterocycles. The number of hydrogen-bond donors (Lipinski definition) is 1. The predicted octanol–water partition coefficient (Wildman–Crippen LogP) is 2.20. The number of rotatable bonds is 3. The Labute approximate surface area is 118 Å². The van der Waals surface area contributed by atoms with Crippen molar-refractivity contribution in [1.82, 2.24) is 4.31 Å². The van der Waals surface area contributed by atoms with Crippen LogP contribution in [0.15, 0.2) is 16.3 Å². The van der Waals surface area contributed by atoms with E-state index in [4.69, 9.17) is 5.11 Å². The first kappa shape index (κ1) is 15.7. The Morgan fingerprint density at radius 2 is 2.10 bits per heavy atom. The number of halogens is 3. The molecule has 114 valence electrons. The van der Waals surface area contributed by atoms with E-state index in [2.05, 4.69) is 0 Å². The number of piperidine rings is 1. The predicted molar refractivity (Wildman–Crippen MR) is 67.8 cm³/mol. The zero-order chi connectivity index (χ0) is 15.0. The smallest absolute Gasteiger partial charge is 0.391 e. The number of hydrogen-bond acceptors (Lipinski definition) is 4. The van der Waals surface area contributed by atoms with Crippen LogP contribution in [0.4, 0.5) is 13.2 Å². The third kappa shape index (κ3) is 3.16. The minimum absolute atomic E-state index is 0.0237. The standard InChI is InChI=1S/C11H14F3NO3S2/c12-11(13,14)8-2-1-5-15(6-8)20(17,18)10-4-3-9(7-16)19-10/h3-4,8,16H,1-2,5-7H2. The van der Waals surface area contributed by atoms with Crippen molar-refractivity contribution in [1.29, 1.82) is 0 Å². The molecule has 0 aliphatic carbocycles. The van der Waals surface area contributed by atoms with Gasteiger partial charge in [0, 0.05) is 18.0 Å². The molecule has 0 aromatic carbocycles. The Kier molecular flexibility index (Phi) is 4.43. The maximum atomic E-state index is 12.7. The van der Waals surface area contributed by atoms with E-state index in [1.54, 1.807) is 0 Å². The maximum Gasteiger partial charge on any atom is 0.393 e. The SMILES string of the molecule is O=S(=O)(c1ccc(CO)s1)N1CCCC(C(F)(F)F)C1. The highest BCUT2D eigenvalue weighted by Gasteiger charge is 2.44. The quantitative estimate of drug-likeness (QED) is 0.925. The molecule has 0 bridgehead atoms. The van der Waals surface area contributed by atoms with Crippen LogP contribution in [0.5, 0.6) is 0 Å². The fourth-order valence-electron chi connectivity index (χ4n) is 2.14. The molecular weight excluding hydrogens is 315 g/mol. The van der Waals surface area contributed by atoms with Gasteiger partial charge in [0.15, 0.2) is 0 Å². The highest BCUT2D eigenvalue weighted by atomic mass is 32.2. The molecule has 1 fully saturated rings. The van der Waals surface area contributed by atoms with Crippen molar-refractivity contribution >= 4 is 21.4 Å². The highest BCUT2D eigenvalue weighted by Crippen LogP contribution is 2.35. The molecule has 1 saturated heterocycles. The molecule has 20 heavy (non-hydrogen) atoms. The number of aliphatic hydroxyl groups is 1. The molecule has 2 rings (SSSR count). The summed E-state index contributed by atoms with van der Waals surface area (Å²) in [6.45, 7) is -0.717. The van der Waals surface area contributed by atoms with Gasteiger partial charge in [-0.1, -0.05) is 0 Å². The molecule has 0 amide bonds. The molecule has 1 N–H and O–H groups in total. The van der Waals surface area contributed by atoms with Crippen LogP contribution in [0.1, 0.15) is 17.7 Å². The summed E-state index contributed by atoms with van der Waals surface area (Å²) in [5.41, 5.74) is 0. The first-order valence-electron chi connectivity index (χ1n) is 6.01. The van der Waals surface area contributed by atoms with Crippen molar-refractivity contribution in [3.8, 4) is 0 Å². The van der Waals surface area contributed by atoms with Gasteiger partial charge in [-0.05, 0) is 25.0 Å². The fourth-order valence-corrected chi connectivity index (χ4v) is 5.03. The molecule has 9 heteroatoms. The van der Waals surface area contributed by atoms with Gasteiger partial charge >= 0.3 is 6.18 Å². The third-order valence-electron chi connectivity index (χ3n) is 3.23. The van der Waals surface area contributed by atoms with Crippen LogP contribution < -0.4 is 0 Å². The molecule has 4 nitrogen and oxygen atoms in total. The zero-order valence-corrected chi connectivity index (χ0v) is 12.1. The number of nitrogens with zero attached hydrogens (tertiary/aromatic N) is 1. The lowest BCUT2D eigenvalue weighted by molar-refractivity contribution is -0.182. The van der Waals surface area contributed by atoms with Crippen molar-refractivity contribution in [2.45, 2.75) is 29.8 Å². The minimum Gasteiger partial charge on any atom is -0.391 e. The van der Waals surface area contributed by atoms with Crippen molar-refractivity contribution in [2.24, 2.45) is 5.92 Å². The van der Waals surface area contributed by atoms with Gasteiger partial charge in [0.1, 0.15) is 4.21 Å². The number of aliphatic hydroxyl groups excluding tert-OH is 1. The van der Waals surface area contributed by atoms with Gasteiger partial charge in [-0.3, -0.25) is 0 Å². The van der Waals surface area contributed by atoms with Crippen molar-refractivity contribution < 1.29 is 26.7 Å². The van der Waals surface area contributed by atoms with Crippen LogP contribution in [0.2, 0.25) is 0 Å². The van der Waals surface area contributed by atoms with E-state index in [9.17, 15) is 21.6 Å². The molecular formula is C11H14F3NO3S2. The topological polar surface area (TPSA) is 57.6 Å². The van der Waals surface area contributed by atoms with E-state index in [0.29, 0.717) is 4.88 Å². The van der Waals surface area contributed by atoms with Crippen molar-refractivity contribution in [3.05, 3.63) is 17.0 Å². The minimum atomic E-state index is -4.38. The maximum absolute atomic E-state index is 12.7. The third-order valence-corrected chi connectivity index (χ3v) is 6.64. The summed E-state index contributed by atoms with van der Waals surface area (Å²) in [6, 6.07) is 2.78. The monoisotopic (exact) mass is 329 g/mol. The number of thiophene rings is 1. The fraction of sp³-hybridized carbons (Fsp3) is 0.636. The summed E-state index contributed by atoms with van der Waals surface area (Å²) in [5.74, 6) is -1.61. The van der Waals surface area contributed by atoms with E-state index in [1.165, 1.54) is 12.1 Å². The van der Waals surface area contributed by atoms with E-state index >= 15 is 0 Å². The van der Waals surface area contributed by atoms with Gasteiger partial charge < -0.3 is 5.11 Å². The van der Waals surface area contributed by atoms with Gasteiger partial charge in [-0.2, -0.15) is 17.5 Å². The van der Waals surface area contributed by atoms with E-state index in [1.807, 2.05) is 0 Å². The number of sulfonamides is 1. The normalized spacial score (nSPS) is 22.1. The van der Waals surface area contributed by atoms with E-state index in [-0.39, 0.29) is 30.2 Å². The van der Waals surface area contributed by atoms with Crippen LogP contribution in [0.25, 0.3) is 0 Å². The molecule has 1 unspecified atom stereocenters. The van der Waals surface area contributed by atoms with Gasteiger partial charge in [-0.15, -0.1) is 11.3 Å². The Morgan fingerprint density at radius 3 is 2.65 bits per heavy atom. The second-order valence-electron chi connectivity index (χ2n) is 4.62. The van der Waals surface area contributed by atoms with Crippen LogP contribution in [-0.4, -0.2) is 37.1 Å². The number of alkyl halides is 3. The average Bonchev–Trinajstić information content (AvgIpc) is 2.87. The van der Waals surface area contributed by atoms with Crippen molar-refractivity contribution in [3.63, 3.8) is 0 Å². The van der Waals surface area contributed by atoms with Gasteiger partial charge in [0.05, 0.1) is 12.5 Å². The molecule has 1 atom stereocenters. The molecule has 1 aromatic rings. The molecule has 0 saturated carbocycles. The summed E-state index contributed by atoms with van der Waals surface area (Å²) >= 11 is 0.881. The van der Waals surface area contributed by atoms with E-state index < -0.39 is 28.7 Å². The van der Waals surface area contributed by atoms with Crippen LogP contribution in [0.3, 0.4) is 0 Å². The van der Waals surface area contributed by atoms with Gasteiger partial charge in [0.25, 0.3) is 10.0 Å². The van der Waals surface area contributed by atoms with Crippen LogP contribution >= 0.6 is 11.3 Å². The second kappa shape index (κ2) is 5.63. The lowest BCUT2D eigenvalue weighted by Gasteiger charge is -2.32. The van der Waals surface area contributed by atoms with Gasteiger partial charge in [0.2, 0.25) is 0 Å². The molecule has 1 aliphatic heterocycles. The Bertz CT molecular complexity index is 568. The lowest BCUT2D eigenvalue weighted by Crippen LogP contribution is -2.44. The lowest BCUT2D eigenvalue weighted by atomic mass is 9.99. The summed E-state index contributed by atoms with van der Waals surface area (Å²) < 4.78 is 63.6. The average molecular weight is 329 g/mol. The van der Waals surface area contributed by atoms with E-state index in [0.717, 1.165) is 15.6 Å². The van der Waals surface area contributed by atoms with Crippen LogP contribution in [0, 0.1) is 5.92 Å².